The normalized spacial score (nSPS) is 12.2. The Hall–Kier alpha value is -2.35. The maximum Gasteiger partial charge on any atom is 0.308 e. The molecule has 0 saturated carbocycles. The number of hydrogen-bond donors (Lipinski definition) is 2. The fraction of sp³-hybridized carbons (Fsp3) is 0.438. The molecule has 0 aromatic carbocycles. The van der Waals surface area contributed by atoms with Crippen LogP contribution in [-0.4, -0.2) is 38.5 Å². The van der Waals surface area contributed by atoms with Crippen LogP contribution in [0.1, 0.15) is 35.6 Å². The van der Waals surface area contributed by atoms with Crippen LogP contribution in [-0.2, 0) is 4.79 Å². The molecule has 24 heavy (non-hydrogen) atoms. The summed E-state index contributed by atoms with van der Waals surface area (Å²) in [7, 11) is 0. The summed E-state index contributed by atoms with van der Waals surface area (Å²) in [4.78, 5) is 36.6. The Kier molecular flexibility index (Phi) is 5.97. The molecule has 2 aromatic rings. The van der Waals surface area contributed by atoms with Gasteiger partial charge in [0, 0.05) is 18.9 Å². The third-order valence-corrected chi connectivity index (χ3v) is 4.53. The Morgan fingerprint density at radius 3 is 2.54 bits per heavy atom. The summed E-state index contributed by atoms with van der Waals surface area (Å²) >= 11 is 1.20. The van der Waals surface area contributed by atoms with Crippen LogP contribution in [0.3, 0.4) is 0 Å². The van der Waals surface area contributed by atoms with Crippen molar-refractivity contribution in [3.8, 4) is 10.8 Å². The minimum absolute atomic E-state index is 0.0981. The van der Waals surface area contributed by atoms with Crippen molar-refractivity contribution >= 4 is 23.2 Å². The highest BCUT2D eigenvalue weighted by Crippen LogP contribution is 2.25. The molecule has 8 heteroatoms. The number of carboxylic acids is 1. The largest absolute Gasteiger partial charge is 0.481 e. The van der Waals surface area contributed by atoms with Crippen LogP contribution in [0.5, 0.6) is 0 Å². The quantitative estimate of drug-likeness (QED) is 0.796. The van der Waals surface area contributed by atoms with Gasteiger partial charge in [0.15, 0.2) is 10.8 Å². The van der Waals surface area contributed by atoms with Gasteiger partial charge < -0.3 is 10.4 Å². The zero-order valence-electron chi connectivity index (χ0n) is 13.8. The summed E-state index contributed by atoms with van der Waals surface area (Å²) in [6, 6.07) is 1.71. The van der Waals surface area contributed by atoms with E-state index >= 15 is 0 Å². The first kappa shape index (κ1) is 18.0. The molecule has 1 unspecified atom stereocenters. The molecule has 0 aliphatic rings. The van der Waals surface area contributed by atoms with Crippen LogP contribution in [0.2, 0.25) is 0 Å². The maximum absolute atomic E-state index is 12.3. The Morgan fingerprint density at radius 2 is 1.96 bits per heavy atom. The topological polar surface area (TPSA) is 105 Å². The molecule has 2 N–H and O–H groups in total. The lowest BCUT2D eigenvalue weighted by Gasteiger charge is -2.15. The van der Waals surface area contributed by atoms with Gasteiger partial charge in [0.1, 0.15) is 4.88 Å². The van der Waals surface area contributed by atoms with E-state index in [0.717, 1.165) is 0 Å². The fourth-order valence-electron chi connectivity index (χ4n) is 2.25. The molecule has 1 amide bonds. The third-order valence-electron chi connectivity index (χ3n) is 3.37. The summed E-state index contributed by atoms with van der Waals surface area (Å²) in [6.45, 7) is 5.75. The van der Waals surface area contributed by atoms with Crippen LogP contribution in [0.4, 0.5) is 0 Å². The SMILES string of the molecule is Cc1nc(-c2ncccn2)sc1C(=O)NCC(CC(C)C)C(=O)O. The Bertz CT molecular complexity index is 715. The summed E-state index contributed by atoms with van der Waals surface area (Å²) in [5.41, 5.74) is 0.579. The van der Waals surface area contributed by atoms with Crippen molar-refractivity contribution in [2.45, 2.75) is 27.2 Å². The highest BCUT2D eigenvalue weighted by atomic mass is 32.1. The van der Waals surface area contributed by atoms with Gasteiger partial charge >= 0.3 is 5.97 Å². The van der Waals surface area contributed by atoms with Crippen LogP contribution in [0.25, 0.3) is 10.8 Å². The van der Waals surface area contributed by atoms with Crippen molar-refractivity contribution in [1.29, 1.82) is 0 Å². The van der Waals surface area contributed by atoms with Crippen LogP contribution < -0.4 is 5.32 Å². The maximum atomic E-state index is 12.3. The van der Waals surface area contributed by atoms with Gasteiger partial charge in [-0.2, -0.15) is 0 Å². The average molecular weight is 348 g/mol. The van der Waals surface area contributed by atoms with Gasteiger partial charge in [0.05, 0.1) is 11.6 Å². The predicted octanol–water partition coefficient (Wildman–Crippen LogP) is 2.39. The number of nitrogens with zero attached hydrogens (tertiary/aromatic N) is 3. The molecule has 0 radical (unpaired) electrons. The van der Waals surface area contributed by atoms with Gasteiger partial charge in [-0.15, -0.1) is 11.3 Å². The summed E-state index contributed by atoms with van der Waals surface area (Å²) in [5.74, 6) is -1.10. The third kappa shape index (κ3) is 4.58. The van der Waals surface area contributed by atoms with Crippen molar-refractivity contribution in [1.82, 2.24) is 20.3 Å². The van der Waals surface area contributed by atoms with Gasteiger partial charge in [-0.05, 0) is 25.3 Å². The van der Waals surface area contributed by atoms with Gasteiger partial charge in [-0.3, -0.25) is 9.59 Å². The van der Waals surface area contributed by atoms with E-state index in [4.69, 9.17) is 0 Å². The number of thiazole rings is 1. The molecule has 0 bridgehead atoms. The van der Waals surface area contributed by atoms with Crippen molar-refractivity contribution in [3.05, 3.63) is 29.0 Å². The van der Waals surface area contributed by atoms with E-state index in [0.29, 0.717) is 27.8 Å². The minimum atomic E-state index is -0.900. The summed E-state index contributed by atoms with van der Waals surface area (Å²) in [5, 5.41) is 12.5. The molecule has 0 aliphatic carbocycles. The number of aromatic nitrogens is 3. The standard InChI is InChI=1S/C16H20N4O3S/c1-9(2)7-11(16(22)23)8-19-14(21)12-10(3)20-15(24-12)13-17-5-4-6-18-13/h4-6,9,11H,7-8H2,1-3H3,(H,19,21)(H,22,23). The zero-order valence-corrected chi connectivity index (χ0v) is 14.6. The second-order valence-electron chi connectivity index (χ2n) is 5.88. The van der Waals surface area contributed by atoms with Gasteiger partial charge in [-0.25, -0.2) is 15.0 Å². The van der Waals surface area contributed by atoms with Crippen molar-refractivity contribution < 1.29 is 14.7 Å². The molecular formula is C16H20N4O3S. The minimum Gasteiger partial charge on any atom is -0.481 e. The average Bonchev–Trinajstić information content (AvgIpc) is 2.93. The van der Waals surface area contributed by atoms with Crippen LogP contribution in [0.15, 0.2) is 18.5 Å². The van der Waals surface area contributed by atoms with Crippen molar-refractivity contribution in [3.63, 3.8) is 0 Å². The summed E-state index contributed by atoms with van der Waals surface area (Å²) in [6.07, 6.45) is 3.74. The first-order valence-corrected chi connectivity index (χ1v) is 8.46. The molecule has 0 fully saturated rings. The number of aliphatic carboxylic acids is 1. The van der Waals surface area contributed by atoms with Gasteiger partial charge in [0.2, 0.25) is 0 Å². The van der Waals surface area contributed by atoms with Crippen LogP contribution in [0, 0.1) is 18.8 Å². The van der Waals surface area contributed by atoms with E-state index in [-0.39, 0.29) is 18.4 Å². The molecule has 0 saturated heterocycles. The monoisotopic (exact) mass is 348 g/mol. The number of rotatable bonds is 7. The van der Waals surface area contributed by atoms with Crippen molar-refractivity contribution in [2.75, 3.05) is 6.54 Å². The predicted molar refractivity (Wildman–Crippen MR) is 90.8 cm³/mol. The number of hydrogen-bond acceptors (Lipinski definition) is 6. The van der Waals surface area contributed by atoms with Gasteiger partial charge in [0.25, 0.3) is 5.91 Å². The zero-order chi connectivity index (χ0) is 17.7. The second-order valence-corrected chi connectivity index (χ2v) is 6.88. The molecule has 0 aliphatic heterocycles. The van der Waals surface area contributed by atoms with E-state index in [1.807, 2.05) is 13.8 Å². The second kappa shape index (κ2) is 7.96. The molecule has 2 aromatic heterocycles. The molecule has 1 atom stereocenters. The molecule has 7 nitrogen and oxygen atoms in total. The van der Waals surface area contributed by atoms with E-state index in [1.165, 1.54) is 11.3 Å². The van der Waals surface area contributed by atoms with E-state index in [9.17, 15) is 14.7 Å². The molecule has 2 rings (SSSR count). The summed E-state index contributed by atoms with van der Waals surface area (Å²) < 4.78 is 0. The Morgan fingerprint density at radius 1 is 1.29 bits per heavy atom. The highest BCUT2D eigenvalue weighted by Gasteiger charge is 2.22. The van der Waals surface area contributed by atoms with Crippen LogP contribution >= 0.6 is 11.3 Å². The lowest BCUT2D eigenvalue weighted by molar-refractivity contribution is -0.142. The molecule has 0 spiro atoms. The molecule has 128 valence electrons. The fourth-order valence-corrected chi connectivity index (χ4v) is 3.18. The lowest BCUT2D eigenvalue weighted by Crippen LogP contribution is -2.33. The van der Waals surface area contributed by atoms with Gasteiger partial charge in [-0.1, -0.05) is 13.8 Å². The van der Waals surface area contributed by atoms with Crippen molar-refractivity contribution in [2.24, 2.45) is 11.8 Å². The number of amides is 1. The Balaban J connectivity index is 2.07. The van der Waals surface area contributed by atoms with E-state index < -0.39 is 11.9 Å². The number of carboxylic acid groups (broad SMARTS) is 1. The number of carbonyl (C=O) groups is 2. The first-order chi connectivity index (χ1) is 11.4. The number of aryl methyl sites for hydroxylation is 1. The first-order valence-electron chi connectivity index (χ1n) is 7.64. The number of carbonyl (C=O) groups excluding carboxylic acids is 1. The van der Waals surface area contributed by atoms with E-state index in [2.05, 4.69) is 20.3 Å². The lowest BCUT2D eigenvalue weighted by atomic mass is 9.97. The highest BCUT2D eigenvalue weighted by molar-refractivity contribution is 7.17. The smallest absolute Gasteiger partial charge is 0.308 e. The van der Waals surface area contributed by atoms with E-state index in [1.54, 1.807) is 25.4 Å². The number of nitrogens with one attached hydrogen (secondary N) is 1. The molecular weight excluding hydrogens is 328 g/mol. The Labute approximate surface area is 144 Å². The molecule has 2 heterocycles.